The summed E-state index contributed by atoms with van der Waals surface area (Å²) in [5.74, 6) is 0. The van der Waals surface area contributed by atoms with Crippen molar-refractivity contribution in [3.05, 3.63) is 84.8 Å². The highest BCUT2D eigenvalue weighted by atomic mass is 16.5. The normalized spacial score (nSPS) is 13.7. The van der Waals surface area contributed by atoms with E-state index in [1.807, 2.05) is 6.07 Å². The number of pyridine rings is 2. The molecule has 1 fully saturated rings. The molecule has 0 aliphatic carbocycles. The number of carbonyl (C=O) groups is 1. The van der Waals surface area contributed by atoms with Crippen LogP contribution in [0.5, 0.6) is 0 Å². The lowest BCUT2D eigenvalue weighted by Crippen LogP contribution is -2.43. The Morgan fingerprint density at radius 2 is 1.77 bits per heavy atom. The average molecular weight is 530 g/mol. The van der Waals surface area contributed by atoms with Crippen molar-refractivity contribution in [2.45, 2.75) is 6.92 Å². The molecule has 1 saturated heterocycles. The highest BCUT2D eigenvalue weighted by Gasteiger charge is 2.18. The van der Waals surface area contributed by atoms with Crippen LogP contribution in [0.25, 0.3) is 55.6 Å². The lowest BCUT2D eigenvalue weighted by molar-refractivity contribution is 0.0564. The highest BCUT2D eigenvalue weighted by Crippen LogP contribution is 2.35. The summed E-state index contributed by atoms with van der Waals surface area (Å²) in [7, 11) is 0. The molecule has 0 unspecified atom stereocenters. The quantitative estimate of drug-likeness (QED) is 0.259. The maximum atomic E-state index is 12.7. The Kier molecular flexibility index (Phi) is 5.98. The number of ether oxygens (including phenoxy) is 1. The van der Waals surface area contributed by atoms with Crippen molar-refractivity contribution >= 4 is 33.7 Å². The molecule has 0 bridgehead atoms. The molecule has 2 aromatic carbocycles. The summed E-state index contributed by atoms with van der Waals surface area (Å²) in [4.78, 5) is 27.0. The number of aromatic amines is 2. The van der Waals surface area contributed by atoms with Crippen LogP contribution in [-0.2, 0) is 4.74 Å². The van der Waals surface area contributed by atoms with Crippen LogP contribution >= 0.6 is 0 Å². The number of nitrogens with zero attached hydrogens (tertiary/aromatic N) is 4. The van der Waals surface area contributed by atoms with Crippen molar-refractivity contribution in [3.8, 4) is 33.6 Å². The molecule has 0 atom stereocenters. The number of fused-ring (bicyclic) bond motifs is 2. The zero-order chi connectivity index (χ0) is 27.1. The van der Waals surface area contributed by atoms with Gasteiger partial charge in [0.1, 0.15) is 5.69 Å². The number of aryl methyl sites for hydroxylation is 1. The molecule has 198 valence electrons. The van der Waals surface area contributed by atoms with Gasteiger partial charge in [0.05, 0.1) is 30.8 Å². The van der Waals surface area contributed by atoms with Crippen molar-refractivity contribution < 1.29 is 9.53 Å². The van der Waals surface area contributed by atoms with Gasteiger partial charge in [-0.3, -0.25) is 10.1 Å². The molecule has 3 N–H and O–H groups in total. The summed E-state index contributed by atoms with van der Waals surface area (Å²) in [5, 5.41) is 12.7. The monoisotopic (exact) mass is 529 g/mol. The minimum Gasteiger partial charge on any atom is -0.378 e. The maximum absolute atomic E-state index is 12.7. The minimum atomic E-state index is -0.156. The van der Waals surface area contributed by atoms with Crippen molar-refractivity contribution in [3.63, 3.8) is 0 Å². The number of aromatic nitrogens is 5. The molecule has 1 aliphatic rings. The number of benzene rings is 2. The van der Waals surface area contributed by atoms with Crippen LogP contribution < -0.4 is 5.32 Å². The standard InChI is InChI=1S/C31H27N7O2/c1-19-4-2-5-20(12-19)24-6-3-7-27-25(24)15-28(35-27)29-26-14-22(17-33-30(26)37-36-29)21-13-23(18-32-16-21)34-31(39)38-8-10-40-11-9-38/h2-7,12-18,35H,8-11H2,1H3,(H,34,39)(H,33,36,37). The van der Waals surface area contributed by atoms with E-state index in [0.717, 1.165) is 38.8 Å². The minimum absolute atomic E-state index is 0.156. The third kappa shape index (κ3) is 4.46. The summed E-state index contributed by atoms with van der Waals surface area (Å²) < 4.78 is 5.34. The van der Waals surface area contributed by atoms with Crippen LogP contribution in [0.15, 0.2) is 79.3 Å². The fraction of sp³-hybridized carbons (Fsp3) is 0.161. The van der Waals surface area contributed by atoms with E-state index in [9.17, 15) is 4.79 Å². The highest BCUT2D eigenvalue weighted by molar-refractivity contribution is 6.01. The van der Waals surface area contributed by atoms with Crippen LogP contribution in [0.3, 0.4) is 0 Å². The van der Waals surface area contributed by atoms with Gasteiger partial charge in [-0.1, -0.05) is 42.0 Å². The third-order valence-electron chi connectivity index (χ3n) is 7.29. The van der Waals surface area contributed by atoms with Gasteiger partial charge in [-0.05, 0) is 42.3 Å². The fourth-order valence-corrected chi connectivity index (χ4v) is 5.25. The third-order valence-corrected chi connectivity index (χ3v) is 7.29. The van der Waals surface area contributed by atoms with Crippen LogP contribution in [0.4, 0.5) is 10.5 Å². The Morgan fingerprint density at radius 1 is 0.925 bits per heavy atom. The van der Waals surface area contributed by atoms with E-state index in [1.54, 1.807) is 23.5 Å². The first-order valence-corrected chi connectivity index (χ1v) is 13.2. The molecule has 9 nitrogen and oxygen atoms in total. The van der Waals surface area contributed by atoms with E-state index in [4.69, 9.17) is 4.74 Å². The summed E-state index contributed by atoms with van der Waals surface area (Å²) in [6, 6.07) is 20.8. The Hall–Kier alpha value is -5.02. The van der Waals surface area contributed by atoms with E-state index in [0.29, 0.717) is 37.6 Å². The number of urea groups is 1. The van der Waals surface area contributed by atoms with E-state index in [1.165, 1.54) is 16.7 Å². The Bertz CT molecular complexity index is 1870. The van der Waals surface area contributed by atoms with Gasteiger partial charge in [0.15, 0.2) is 5.65 Å². The van der Waals surface area contributed by atoms with Gasteiger partial charge in [0.2, 0.25) is 0 Å². The van der Waals surface area contributed by atoms with Crippen LogP contribution in [0.2, 0.25) is 0 Å². The van der Waals surface area contributed by atoms with Crippen LogP contribution in [0, 0.1) is 6.92 Å². The maximum Gasteiger partial charge on any atom is 0.322 e. The van der Waals surface area contributed by atoms with Gasteiger partial charge < -0.3 is 19.9 Å². The summed E-state index contributed by atoms with van der Waals surface area (Å²) in [6.07, 6.45) is 5.20. The molecular weight excluding hydrogens is 502 g/mol. The number of anilines is 1. The number of H-pyrrole nitrogens is 2. The summed E-state index contributed by atoms with van der Waals surface area (Å²) >= 11 is 0. The molecule has 5 heterocycles. The zero-order valence-corrected chi connectivity index (χ0v) is 21.9. The van der Waals surface area contributed by atoms with Crippen molar-refractivity contribution in [2.75, 3.05) is 31.6 Å². The molecule has 7 rings (SSSR count). The van der Waals surface area contributed by atoms with Crippen LogP contribution in [-0.4, -0.2) is 62.4 Å². The molecule has 0 radical (unpaired) electrons. The molecule has 2 amide bonds. The van der Waals surface area contributed by atoms with E-state index in [2.05, 4.69) is 92.0 Å². The summed E-state index contributed by atoms with van der Waals surface area (Å²) in [6.45, 7) is 4.35. The van der Waals surface area contributed by atoms with Gasteiger partial charge in [-0.15, -0.1) is 0 Å². The molecule has 6 aromatic rings. The van der Waals surface area contributed by atoms with Gasteiger partial charge >= 0.3 is 6.03 Å². The van der Waals surface area contributed by atoms with Gasteiger partial charge in [0.25, 0.3) is 0 Å². The fourth-order valence-electron chi connectivity index (χ4n) is 5.25. The Morgan fingerprint density at radius 3 is 2.65 bits per heavy atom. The molecule has 0 spiro atoms. The molecule has 4 aromatic heterocycles. The van der Waals surface area contributed by atoms with E-state index in [-0.39, 0.29) is 6.03 Å². The molecule has 0 saturated carbocycles. The first-order valence-electron chi connectivity index (χ1n) is 13.2. The predicted molar refractivity (Wildman–Crippen MR) is 156 cm³/mol. The molecule has 1 aliphatic heterocycles. The lowest BCUT2D eigenvalue weighted by atomic mass is 10.00. The number of morpholine rings is 1. The van der Waals surface area contributed by atoms with Gasteiger partial charge in [-0.25, -0.2) is 9.78 Å². The van der Waals surface area contributed by atoms with Crippen LogP contribution in [0.1, 0.15) is 5.56 Å². The average Bonchev–Trinajstić information content (AvgIpc) is 3.61. The number of rotatable bonds is 4. The Balaban J connectivity index is 1.23. The van der Waals surface area contributed by atoms with E-state index < -0.39 is 0 Å². The van der Waals surface area contributed by atoms with Crippen molar-refractivity contribution in [2.24, 2.45) is 0 Å². The number of hydrogen-bond donors (Lipinski definition) is 3. The predicted octanol–water partition coefficient (Wildman–Crippen LogP) is 6.01. The topological polar surface area (TPSA) is 112 Å². The largest absolute Gasteiger partial charge is 0.378 e. The van der Waals surface area contributed by atoms with Gasteiger partial charge in [0, 0.05) is 52.9 Å². The van der Waals surface area contributed by atoms with E-state index >= 15 is 0 Å². The van der Waals surface area contributed by atoms with Crippen molar-refractivity contribution in [1.29, 1.82) is 0 Å². The second-order valence-electron chi connectivity index (χ2n) is 10.0. The zero-order valence-electron chi connectivity index (χ0n) is 21.9. The van der Waals surface area contributed by atoms with Gasteiger partial charge in [-0.2, -0.15) is 5.10 Å². The molecule has 9 heteroatoms. The second-order valence-corrected chi connectivity index (χ2v) is 10.0. The second kappa shape index (κ2) is 9.94. The first kappa shape index (κ1) is 24.1. The number of amides is 2. The lowest BCUT2D eigenvalue weighted by Gasteiger charge is -2.26. The smallest absolute Gasteiger partial charge is 0.322 e. The molecule has 40 heavy (non-hydrogen) atoms. The Labute approximate surface area is 230 Å². The number of hydrogen-bond acceptors (Lipinski definition) is 5. The van der Waals surface area contributed by atoms with Crippen molar-refractivity contribution in [1.82, 2.24) is 30.0 Å². The number of carbonyl (C=O) groups excluding carboxylic acids is 1. The number of nitrogens with one attached hydrogen (secondary N) is 3. The molecular formula is C31H27N7O2. The SMILES string of the molecule is Cc1cccc(-c2cccc3[nH]c(-c4n[nH]c5ncc(-c6cncc(NC(=O)N7CCOCC7)c6)cc45)cc23)c1. The summed E-state index contributed by atoms with van der Waals surface area (Å²) in [5.41, 5.74) is 9.36. The first-order chi connectivity index (χ1) is 19.6.